The highest BCUT2D eigenvalue weighted by Gasteiger charge is 2.02. The summed E-state index contributed by atoms with van der Waals surface area (Å²) in [5.41, 5.74) is 6.04. The average Bonchev–Trinajstić information content (AvgIpc) is 1.84. The lowest BCUT2D eigenvalue weighted by Gasteiger charge is -1.98. The maximum Gasteiger partial charge on any atom is 0.156 e. The SMILES string of the molecule is Cc1cc(F)c(Br)nc1N. The van der Waals surface area contributed by atoms with E-state index >= 15 is 0 Å². The monoisotopic (exact) mass is 204 g/mol. The van der Waals surface area contributed by atoms with Gasteiger partial charge in [-0.3, -0.25) is 0 Å². The zero-order valence-electron chi connectivity index (χ0n) is 5.36. The molecule has 0 fully saturated rings. The van der Waals surface area contributed by atoms with Gasteiger partial charge in [0.2, 0.25) is 0 Å². The van der Waals surface area contributed by atoms with Crippen LogP contribution in [0.2, 0.25) is 0 Å². The van der Waals surface area contributed by atoms with Gasteiger partial charge in [-0.15, -0.1) is 0 Å². The highest BCUT2D eigenvalue weighted by molar-refractivity contribution is 9.10. The molecule has 0 saturated carbocycles. The Morgan fingerprint density at radius 2 is 2.30 bits per heavy atom. The lowest BCUT2D eigenvalue weighted by molar-refractivity contribution is 0.612. The zero-order valence-corrected chi connectivity index (χ0v) is 6.94. The molecule has 1 aromatic rings. The number of aromatic nitrogens is 1. The van der Waals surface area contributed by atoms with E-state index in [1.54, 1.807) is 6.92 Å². The number of nitrogens with two attached hydrogens (primary N) is 1. The van der Waals surface area contributed by atoms with Gasteiger partial charge in [0.1, 0.15) is 10.4 Å². The van der Waals surface area contributed by atoms with E-state index in [9.17, 15) is 4.39 Å². The van der Waals surface area contributed by atoms with Crippen molar-refractivity contribution in [2.45, 2.75) is 6.92 Å². The minimum absolute atomic E-state index is 0.163. The van der Waals surface area contributed by atoms with Gasteiger partial charge < -0.3 is 5.73 Å². The van der Waals surface area contributed by atoms with E-state index in [1.165, 1.54) is 6.07 Å². The summed E-state index contributed by atoms with van der Waals surface area (Å²) in [4.78, 5) is 3.69. The first-order valence-corrected chi connectivity index (χ1v) is 3.48. The minimum atomic E-state index is -0.383. The third-order valence-corrected chi connectivity index (χ3v) is 1.72. The second-order valence-electron chi connectivity index (χ2n) is 1.96. The van der Waals surface area contributed by atoms with E-state index < -0.39 is 0 Å². The molecule has 0 radical (unpaired) electrons. The van der Waals surface area contributed by atoms with E-state index in [0.29, 0.717) is 11.4 Å². The number of nitrogen functional groups attached to an aromatic ring is 1. The van der Waals surface area contributed by atoms with Crippen molar-refractivity contribution in [2.75, 3.05) is 5.73 Å². The Hall–Kier alpha value is -0.640. The third-order valence-electron chi connectivity index (χ3n) is 1.16. The van der Waals surface area contributed by atoms with E-state index in [2.05, 4.69) is 20.9 Å². The van der Waals surface area contributed by atoms with Crippen LogP contribution in [-0.4, -0.2) is 4.98 Å². The second kappa shape index (κ2) is 2.54. The molecule has 0 saturated heterocycles. The minimum Gasteiger partial charge on any atom is -0.383 e. The number of nitrogens with zero attached hydrogens (tertiary/aromatic N) is 1. The lowest BCUT2D eigenvalue weighted by atomic mass is 10.3. The number of aryl methyl sites for hydroxylation is 1. The van der Waals surface area contributed by atoms with Crippen molar-refractivity contribution in [3.05, 3.63) is 22.1 Å². The van der Waals surface area contributed by atoms with Crippen LogP contribution in [0.4, 0.5) is 10.2 Å². The van der Waals surface area contributed by atoms with Crippen molar-refractivity contribution in [1.82, 2.24) is 4.98 Å². The van der Waals surface area contributed by atoms with Crippen molar-refractivity contribution < 1.29 is 4.39 Å². The number of hydrogen-bond donors (Lipinski definition) is 1. The van der Waals surface area contributed by atoms with Crippen LogP contribution in [0.5, 0.6) is 0 Å². The number of hydrogen-bond acceptors (Lipinski definition) is 2. The molecule has 0 aliphatic rings. The largest absolute Gasteiger partial charge is 0.383 e. The summed E-state index contributed by atoms with van der Waals surface area (Å²) in [6, 6.07) is 1.34. The zero-order chi connectivity index (χ0) is 7.72. The second-order valence-corrected chi connectivity index (χ2v) is 2.71. The van der Waals surface area contributed by atoms with Crippen LogP contribution in [0.3, 0.4) is 0 Å². The molecule has 0 spiro atoms. The molecule has 0 atom stereocenters. The molecule has 1 rings (SSSR count). The molecule has 0 aromatic carbocycles. The van der Waals surface area contributed by atoms with Gasteiger partial charge in [-0.1, -0.05) is 0 Å². The quantitative estimate of drug-likeness (QED) is 0.656. The van der Waals surface area contributed by atoms with Gasteiger partial charge in [0.05, 0.1) is 0 Å². The number of anilines is 1. The molecule has 0 aliphatic carbocycles. The van der Waals surface area contributed by atoms with Crippen LogP contribution >= 0.6 is 15.9 Å². The Labute approximate surface area is 66.4 Å². The molecule has 1 heterocycles. The third kappa shape index (κ3) is 1.26. The fourth-order valence-corrected chi connectivity index (χ4v) is 0.876. The Balaban J connectivity index is 3.28. The molecule has 0 amide bonds. The molecular weight excluding hydrogens is 199 g/mol. The summed E-state index contributed by atoms with van der Waals surface area (Å²) in [5, 5.41) is 0. The first-order chi connectivity index (χ1) is 4.61. The lowest BCUT2D eigenvalue weighted by Crippen LogP contribution is -1.95. The van der Waals surface area contributed by atoms with Crippen LogP contribution in [-0.2, 0) is 0 Å². The first kappa shape index (κ1) is 7.47. The maximum atomic E-state index is 12.6. The van der Waals surface area contributed by atoms with Crippen molar-refractivity contribution in [3.8, 4) is 0 Å². The Kier molecular flexibility index (Phi) is 1.89. The predicted molar refractivity (Wildman–Crippen MR) is 41.0 cm³/mol. The summed E-state index contributed by atoms with van der Waals surface area (Å²) in [6.45, 7) is 1.71. The molecule has 1 aromatic heterocycles. The van der Waals surface area contributed by atoms with Crippen LogP contribution in [0.15, 0.2) is 10.7 Å². The summed E-state index contributed by atoms with van der Waals surface area (Å²) >= 11 is 2.91. The predicted octanol–water partition coefficient (Wildman–Crippen LogP) is 1.87. The molecule has 0 bridgehead atoms. The van der Waals surface area contributed by atoms with Crippen molar-refractivity contribution >= 4 is 21.7 Å². The molecule has 0 unspecified atom stereocenters. The standard InChI is InChI=1S/C6H6BrFN2/c1-3-2-4(8)5(7)10-6(3)9/h2H,1H3,(H2,9,10). The van der Waals surface area contributed by atoms with Crippen LogP contribution in [0, 0.1) is 12.7 Å². The van der Waals surface area contributed by atoms with Crippen LogP contribution in [0.25, 0.3) is 0 Å². The number of pyridine rings is 1. The van der Waals surface area contributed by atoms with Crippen LogP contribution < -0.4 is 5.73 Å². The molecule has 2 nitrogen and oxygen atoms in total. The molecule has 4 heteroatoms. The number of rotatable bonds is 0. The van der Waals surface area contributed by atoms with E-state index in [-0.39, 0.29) is 10.4 Å². The van der Waals surface area contributed by atoms with Crippen LogP contribution in [0.1, 0.15) is 5.56 Å². The summed E-state index contributed by atoms with van der Waals surface area (Å²) in [7, 11) is 0. The summed E-state index contributed by atoms with van der Waals surface area (Å²) in [6.07, 6.45) is 0. The fraction of sp³-hybridized carbons (Fsp3) is 0.167. The maximum absolute atomic E-state index is 12.6. The Bertz CT molecular complexity index is 212. The highest BCUT2D eigenvalue weighted by Crippen LogP contribution is 2.16. The van der Waals surface area contributed by atoms with Crippen molar-refractivity contribution in [3.63, 3.8) is 0 Å². The van der Waals surface area contributed by atoms with E-state index in [4.69, 9.17) is 5.73 Å². The topological polar surface area (TPSA) is 38.9 Å². The van der Waals surface area contributed by atoms with E-state index in [0.717, 1.165) is 0 Å². The Morgan fingerprint density at radius 1 is 1.70 bits per heavy atom. The van der Waals surface area contributed by atoms with E-state index in [1.807, 2.05) is 0 Å². The molecule has 0 aliphatic heterocycles. The molecule has 10 heavy (non-hydrogen) atoms. The highest BCUT2D eigenvalue weighted by atomic mass is 79.9. The van der Waals surface area contributed by atoms with Crippen molar-refractivity contribution in [2.24, 2.45) is 0 Å². The average molecular weight is 205 g/mol. The summed E-state index contributed by atoms with van der Waals surface area (Å²) < 4.78 is 12.8. The van der Waals surface area contributed by atoms with Gasteiger partial charge >= 0.3 is 0 Å². The van der Waals surface area contributed by atoms with Gasteiger partial charge in [-0.2, -0.15) is 0 Å². The van der Waals surface area contributed by atoms with Gasteiger partial charge in [-0.05, 0) is 34.5 Å². The normalized spacial score (nSPS) is 9.90. The molecular formula is C6H6BrFN2. The Morgan fingerprint density at radius 3 is 2.80 bits per heavy atom. The summed E-state index contributed by atoms with van der Waals surface area (Å²) in [5.74, 6) is -0.0278. The molecule has 54 valence electrons. The number of halogens is 2. The first-order valence-electron chi connectivity index (χ1n) is 2.69. The smallest absolute Gasteiger partial charge is 0.156 e. The van der Waals surface area contributed by atoms with Crippen molar-refractivity contribution in [1.29, 1.82) is 0 Å². The van der Waals surface area contributed by atoms with Gasteiger partial charge in [-0.25, -0.2) is 9.37 Å². The van der Waals surface area contributed by atoms with Gasteiger partial charge in [0, 0.05) is 0 Å². The van der Waals surface area contributed by atoms with Gasteiger partial charge in [0.15, 0.2) is 5.82 Å². The van der Waals surface area contributed by atoms with Gasteiger partial charge in [0.25, 0.3) is 0 Å². The molecule has 2 N–H and O–H groups in total. The fourth-order valence-electron chi connectivity index (χ4n) is 0.571.